The number of halogens is 1. The Kier molecular flexibility index (Phi) is 2.34. The number of hydrogen-bond donors (Lipinski definition) is 2. The fourth-order valence-corrected chi connectivity index (χ4v) is 2.09. The van der Waals surface area contributed by atoms with Crippen LogP contribution in [0.5, 0.6) is 0 Å². The number of primary amides is 1. The fourth-order valence-electron chi connectivity index (χ4n) is 0.870. The largest absolute Gasteiger partial charge is 0.369 e. The van der Waals surface area contributed by atoms with Crippen LogP contribution in [-0.2, 0) is 4.79 Å². The molecule has 1 amide bonds. The van der Waals surface area contributed by atoms with Gasteiger partial charge in [0.2, 0.25) is 5.91 Å². The normalized spacial score (nSPS) is 30.6. The molecule has 1 unspecified atom stereocenters. The topological polar surface area (TPSA) is 58.4 Å². The Morgan fingerprint density at radius 3 is 2.55 bits per heavy atom. The first-order valence-electron chi connectivity index (χ1n) is 3.13. The highest BCUT2D eigenvalue weighted by Gasteiger charge is 2.45. The molecule has 4 nitrogen and oxygen atoms in total. The van der Waals surface area contributed by atoms with Gasteiger partial charge in [0.15, 0.2) is 0 Å². The molecule has 1 fully saturated rings. The average Bonchev–Trinajstić information content (AvgIpc) is 2.08. The van der Waals surface area contributed by atoms with Crippen LogP contribution < -0.4 is 10.6 Å². The number of hydrazine groups is 1. The molecule has 0 radical (unpaired) electrons. The third-order valence-electron chi connectivity index (χ3n) is 1.66. The molecule has 3 N–H and O–H groups in total. The summed E-state index contributed by atoms with van der Waals surface area (Å²) in [5.74, 6) is -0.351. The molecule has 11 heavy (non-hydrogen) atoms. The fraction of sp³-hybridized carbons (Fsp3) is 0.800. The summed E-state index contributed by atoms with van der Waals surface area (Å²) in [6.45, 7) is 3.70. The van der Waals surface area contributed by atoms with E-state index in [1.807, 2.05) is 13.8 Å². The van der Waals surface area contributed by atoms with Crippen LogP contribution in [0.1, 0.15) is 13.8 Å². The van der Waals surface area contributed by atoms with Gasteiger partial charge in [-0.1, -0.05) is 11.9 Å². The second-order valence-electron chi connectivity index (χ2n) is 2.93. The smallest absolute Gasteiger partial charge is 0.233 e. The Labute approximate surface area is 74.6 Å². The number of carbonyl (C=O) groups is 1. The Balaban J connectivity index is 2.78. The molecule has 0 aliphatic carbocycles. The number of amides is 1. The van der Waals surface area contributed by atoms with Crippen LogP contribution in [0.4, 0.5) is 0 Å². The molecule has 1 saturated heterocycles. The van der Waals surface area contributed by atoms with Gasteiger partial charge in [0.05, 0.1) is 5.54 Å². The maximum Gasteiger partial charge on any atom is 0.233 e. The number of rotatable bonds is 1. The van der Waals surface area contributed by atoms with Crippen molar-refractivity contribution in [2.45, 2.75) is 24.6 Å². The molecular weight excluding hydrogens is 186 g/mol. The third kappa shape index (κ3) is 1.46. The van der Waals surface area contributed by atoms with Crippen LogP contribution >= 0.6 is 23.7 Å². The van der Waals surface area contributed by atoms with Crippen LogP contribution in [0, 0.1) is 0 Å². The Bertz CT molecular complexity index is 187. The molecule has 0 spiro atoms. The van der Waals surface area contributed by atoms with Crippen molar-refractivity contribution in [1.82, 2.24) is 9.36 Å². The van der Waals surface area contributed by atoms with Gasteiger partial charge in [0.25, 0.3) is 0 Å². The van der Waals surface area contributed by atoms with E-state index < -0.39 is 5.54 Å². The van der Waals surface area contributed by atoms with Crippen LogP contribution in [0.3, 0.4) is 0 Å². The summed E-state index contributed by atoms with van der Waals surface area (Å²) in [6.07, 6.45) is 0. The van der Waals surface area contributed by atoms with Crippen molar-refractivity contribution < 1.29 is 4.79 Å². The average molecular weight is 196 g/mol. The standard InChI is InChI=1S/C5H10ClN3OS/c1-5(2)3(4(7)10)11-8-9(5)6/h3,8H,1-2H3,(H2,7,10). The lowest BCUT2D eigenvalue weighted by Crippen LogP contribution is -2.47. The molecule has 1 heterocycles. The minimum Gasteiger partial charge on any atom is -0.369 e. The first kappa shape index (κ1) is 9.12. The molecular formula is C5H10ClN3OS. The highest BCUT2D eigenvalue weighted by Crippen LogP contribution is 2.34. The summed E-state index contributed by atoms with van der Waals surface area (Å²) < 4.78 is 1.37. The van der Waals surface area contributed by atoms with E-state index in [0.717, 1.165) is 0 Å². The van der Waals surface area contributed by atoms with E-state index in [4.69, 9.17) is 17.5 Å². The molecule has 1 aliphatic heterocycles. The maximum absolute atomic E-state index is 10.8. The minimum absolute atomic E-state index is 0.306. The van der Waals surface area contributed by atoms with E-state index in [-0.39, 0.29) is 11.2 Å². The molecule has 1 atom stereocenters. The van der Waals surface area contributed by atoms with E-state index in [9.17, 15) is 4.79 Å². The molecule has 0 bridgehead atoms. The number of carbonyl (C=O) groups excluding carboxylic acids is 1. The van der Waals surface area contributed by atoms with Crippen molar-refractivity contribution in [2.75, 3.05) is 0 Å². The van der Waals surface area contributed by atoms with E-state index in [0.29, 0.717) is 0 Å². The molecule has 0 aromatic carbocycles. The summed E-state index contributed by atoms with van der Waals surface area (Å²) in [4.78, 5) is 13.6. The van der Waals surface area contributed by atoms with Gasteiger partial charge in [0, 0.05) is 0 Å². The SMILES string of the molecule is CC1(C)C(C(N)=O)SNN1Cl. The monoisotopic (exact) mass is 195 g/mol. The van der Waals surface area contributed by atoms with Gasteiger partial charge in [-0.3, -0.25) is 4.79 Å². The van der Waals surface area contributed by atoms with Crippen LogP contribution in [0.2, 0.25) is 0 Å². The highest BCUT2D eigenvalue weighted by molar-refractivity contribution is 7.99. The van der Waals surface area contributed by atoms with Crippen molar-refractivity contribution >= 4 is 29.6 Å². The third-order valence-corrected chi connectivity index (χ3v) is 3.61. The Hall–Kier alpha value is 0.0300. The maximum atomic E-state index is 10.8. The van der Waals surface area contributed by atoms with E-state index in [1.165, 1.54) is 16.5 Å². The first-order chi connectivity index (χ1) is 4.96. The number of hydrogen-bond acceptors (Lipinski definition) is 4. The second-order valence-corrected chi connectivity index (χ2v) is 4.15. The summed E-state index contributed by atoms with van der Waals surface area (Å²) >= 11 is 6.97. The quantitative estimate of drug-likeness (QED) is 0.465. The molecule has 0 aromatic heterocycles. The van der Waals surface area contributed by atoms with Gasteiger partial charge in [0.1, 0.15) is 5.25 Å². The number of nitrogens with zero attached hydrogens (tertiary/aromatic N) is 1. The lowest BCUT2D eigenvalue weighted by molar-refractivity contribution is -0.118. The van der Waals surface area contributed by atoms with Gasteiger partial charge >= 0.3 is 0 Å². The van der Waals surface area contributed by atoms with Crippen LogP contribution in [-0.4, -0.2) is 21.2 Å². The summed E-state index contributed by atoms with van der Waals surface area (Å²) in [7, 11) is 0. The minimum atomic E-state index is -0.432. The summed E-state index contributed by atoms with van der Waals surface area (Å²) in [5, 5.41) is -0.306. The van der Waals surface area contributed by atoms with E-state index in [2.05, 4.69) is 4.83 Å². The van der Waals surface area contributed by atoms with Crippen molar-refractivity contribution in [3.05, 3.63) is 0 Å². The first-order valence-corrected chi connectivity index (χ1v) is 4.34. The van der Waals surface area contributed by atoms with Gasteiger partial charge in [-0.25, -0.2) is 0 Å². The Morgan fingerprint density at radius 1 is 1.82 bits per heavy atom. The molecule has 0 saturated carbocycles. The molecule has 1 rings (SSSR count). The lowest BCUT2D eigenvalue weighted by Gasteiger charge is -2.26. The lowest BCUT2D eigenvalue weighted by atomic mass is 10.0. The van der Waals surface area contributed by atoms with Gasteiger partial charge in [-0.05, 0) is 25.6 Å². The Morgan fingerprint density at radius 2 is 2.36 bits per heavy atom. The predicted octanol–water partition coefficient (Wildman–Crippen LogP) is 0.241. The molecule has 6 heteroatoms. The highest BCUT2D eigenvalue weighted by atomic mass is 35.5. The van der Waals surface area contributed by atoms with Crippen LogP contribution in [0.25, 0.3) is 0 Å². The van der Waals surface area contributed by atoms with E-state index >= 15 is 0 Å². The van der Waals surface area contributed by atoms with Crippen molar-refractivity contribution in [2.24, 2.45) is 5.73 Å². The number of nitrogens with two attached hydrogens (primary N) is 1. The van der Waals surface area contributed by atoms with Gasteiger partial charge < -0.3 is 5.73 Å². The molecule has 1 aliphatic rings. The van der Waals surface area contributed by atoms with Crippen LogP contribution in [0.15, 0.2) is 0 Å². The summed E-state index contributed by atoms with van der Waals surface area (Å²) in [5.41, 5.74) is 4.72. The van der Waals surface area contributed by atoms with Gasteiger partial charge in [-0.2, -0.15) is 4.83 Å². The van der Waals surface area contributed by atoms with Gasteiger partial charge in [-0.15, -0.1) is 4.53 Å². The zero-order valence-electron chi connectivity index (χ0n) is 6.30. The van der Waals surface area contributed by atoms with Crippen molar-refractivity contribution in [1.29, 1.82) is 0 Å². The zero-order chi connectivity index (χ0) is 8.65. The van der Waals surface area contributed by atoms with Crippen molar-refractivity contribution in [3.63, 3.8) is 0 Å². The summed E-state index contributed by atoms with van der Waals surface area (Å²) in [6, 6.07) is 0. The predicted molar refractivity (Wildman–Crippen MR) is 45.5 cm³/mol. The number of nitrogens with one attached hydrogen (secondary N) is 1. The zero-order valence-corrected chi connectivity index (χ0v) is 7.87. The molecule has 64 valence electrons. The van der Waals surface area contributed by atoms with Crippen molar-refractivity contribution in [3.8, 4) is 0 Å². The van der Waals surface area contributed by atoms with E-state index in [1.54, 1.807) is 0 Å². The second kappa shape index (κ2) is 2.82. The molecule has 0 aromatic rings.